The van der Waals surface area contributed by atoms with E-state index in [9.17, 15) is 13.2 Å². The van der Waals surface area contributed by atoms with E-state index in [1.165, 1.54) is 0 Å². The highest BCUT2D eigenvalue weighted by Crippen LogP contribution is 2.38. The summed E-state index contributed by atoms with van der Waals surface area (Å²) in [7, 11) is -3.41. The quantitative estimate of drug-likeness (QED) is 0.708. The molecule has 0 aromatic carbocycles. The summed E-state index contributed by atoms with van der Waals surface area (Å²) in [6.07, 6.45) is 11.9. The molecule has 1 N–H and O–H groups in total. The van der Waals surface area contributed by atoms with E-state index in [4.69, 9.17) is 9.47 Å². The first-order valence-corrected chi connectivity index (χ1v) is 13.1. The van der Waals surface area contributed by atoms with E-state index >= 15 is 0 Å². The number of nitrogens with one attached hydrogen (secondary N) is 1. The number of fused-ring (bicyclic) bond motifs is 6. The number of hydrogen-bond donors (Lipinski definition) is 1. The van der Waals surface area contributed by atoms with Gasteiger partial charge in [-0.05, 0) is 44.4 Å². The highest BCUT2D eigenvalue weighted by Gasteiger charge is 2.38. The van der Waals surface area contributed by atoms with Gasteiger partial charge < -0.3 is 14.4 Å². The van der Waals surface area contributed by atoms with Gasteiger partial charge in [-0.3, -0.25) is 9.20 Å². The number of hydrogen-bond acceptors (Lipinski definition) is 7. The first kappa shape index (κ1) is 21.6. The molecule has 174 valence electrons. The van der Waals surface area contributed by atoms with Gasteiger partial charge in [-0.15, -0.1) is 0 Å². The zero-order chi connectivity index (χ0) is 22.3. The second-order valence-corrected chi connectivity index (χ2v) is 10.8. The SMILES string of the molecule is CS(=O)(=O)N[C@H]1CCCN2C(=O)COc3nc4nccn4cc3C3CCC(CC3)OCC12. The molecular formula is C21H29N5O5S. The van der Waals surface area contributed by atoms with Gasteiger partial charge in [-0.25, -0.2) is 18.1 Å². The summed E-state index contributed by atoms with van der Waals surface area (Å²) in [6.45, 7) is 0.702. The van der Waals surface area contributed by atoms with Gasteiger partial charge in [0, 0.05) is 36.7 Å². The van der Waals surface area contributed by atoms with Gasteiger partial charge >= 0.3 is 0 Å². The van der Waals surface area contributed by atoms with Crippen molar-refractivity contribution in [2.75, 3.05) is 26.0 Å². The van der Waals surface area contributed by atoms with E-state index in [-0.39, 0.29) is 36.6 Å². The number of carbonyl (C=O) groups is 1. The van der Waals surface area contributed by atoms with Crippen LogP contribution in [0.3, 0.4) is 0 Å². The molecule has 1 unspecified atom stereocenters. The van der Waals surface area contributed by atoms with Crippen molar-refractivity contribution in [1.29, 1.82) is 0 Å². The third-order valence-corrected chi connectivity index (χ3v) is 7.52. The summed E-state index contributed by atoms with van der Waals surface area (Å²) in [4.78, 5) is 23.7. The fourth-order valence-electron chi connectivity index (χ4n) is 5.22. The van der Waals surface area contributed by atoms with Crippen molar-refractivity contribution in [2.45, 2.75) is 62.6 Å². The maximum atomic E-state index is 13.2. The molecule has 1 saturated carbocycles. The zero-order valence-electron chi connectivity index (χ0n) is 18.1. The van der Waals surface area contributed by atoms with Crippen LogP contribution in [0.2, 0.25) is 0 Å². The molecule has 0 radical (unpaired) electrons. The van der Waals surface area contributed by atoms with Crippen molar-refractivity contribution in [3.63, 3.8) is 0 Å². The highest BCUT2D eigenvalue weighted by atomic mass is 32.2. The molecule has 1 saturated heterocycles. The van der Waals surface area contributed by atoms with E-state index in [0.717, 1.165) is 37.5 Å². The third-order valence-electron chi connectivity index (χ3n) is 6.79. The molecule has 1 amide bonds. The lowest BCUT2D eigenvalue weighted by Gasteiger charge is -2.41. The number of imidazole rings is 1. The number of ether oxygens (including phenoxy) is 2. The van der Waals surface area contributed by atoms with E-state index in [1.807, 2.05) is 16.8 Å². The predicted octanol–water partition coefficient (Wildman–Crippen LogP) is 1.07. The molecule has 2 fully saturated rings. The van der Waals surface area contributed by atoms with Gasteiger partial charge in [0.15, 0.2) is 6.61 Å². The summed E-state index contributed by atoms with van der Waals surface area (Å²) >= 11 is 0. The summed E-state index contributed by atoms with van der Waals surface area (Å²) in [5, 5.41) is 0. The van der Waals surface area contributed by atoms with Crippen LogP contribution < -0.4 is 9.46 Å². The van der Waals surface area contributed by atoms with Gasteiger partial charge in [0.2, 0.25) is 21.7 Å². The summed E-state index contributed by atoms with van der Waals surface area (Å²) in [5.41, 5.74) is 0.993. The highest BCUT2D eigenvalue weighted by molar-refractivity contribution is 7.88. The molecule has 2 aromatic rings. The number of amides is 1. The summed E-state index contributed by atoms with van der Waals surface area (Å²) in [6, 6.07) is -0.741. The zero-order valence-corrected chi connectivity index (χ0v) is 19.0. The number of piperidine rings is 1. The summed E-state index contributed by atoms with van der Waals surface area (Å²) < 4.78 is 40.7. The minimum atomic E-state index is -3.41. The van der Waals surface area contributed by atoms with Crippen molar-refractivity contribution in [3.05, 3.63) is 24.2 Å². The largest absolute Gasteiger partial charge is 0.467 e. The van der Waals surface area contributed by atoms with Crippen LogP contribution in [-0.2, 0) is 19.6 Å². The average molecular weight is 464 g/mol. The third kappa shape index (κ3) is 4.46. The van der Waals surface area contributed by atoms with Crippen LogP contribution in [0.1, 0.15) is 50.0 Å². The normalized spacial score (nSPS) is 29.4. The van der Waals surface area contributed by atoms with Crippen LogP contribution in [0.15, 0.2) is 18.6 Å². The second-order valence-electron chi connectivity index (χ2n) is 9.02. The Kier molecular flexibility index (Phi) is 5.81. The number of rotatable bonds is 2. The number of nitrogens with zero attached hydrogens (tertiary/aromatic N) is 4. The van der Waals surface area contributed by atoms with Crippen molar-refractivity contribution >= 4 is 21.7 Å². The molecule has 2 bridgehead atoms. The van der Waals surface area contributed by atoms with Gasteiger partial charge in [-0.1, -0.05) is 0 Å². The number of aromatic nitrogens is 3. The Morgan fingerprint density at radius 3 is 2.78 bits per heavy atom. The van der Waals surface area contributed by atoms with Crippen LogP contribution in [0.5, 0.6) is 5.88 Å². The van der Waals surface area contributed by atoms with E-state index < -0.39 is 10.0 Å². The molecule has 32 heavy (non-hydrogen) atoms. The maximum Gasteiger partial charge on any atom is 0.260 e. The van der Waals surface area contributed by atoms with Crippen molar-refractivity contribution in [2.24, 2.45) is 0 Å². The second kappa shape index (κ2) is 8.60. The molecule has 0 spiro atoms. The van der Waals surface area contributed by atoms with Gasteiger partial charge in [0.25, 0.3) is 5.91 Å². The predicted molar refractivity (Wildman–Crippen MR) is 116 cm³/mol. The van der Waals surface area contributed by atoms with Crippen LogP contribution in [0.4, 0.5) is 0 Å². The topological polar surface area (TPSA) is 115 Å². The van der Waals surface area contributed by atoms with Crippen LogP contribution in [0, 0.1) is 0 Å². The molecule has 11 heteroatoms. The Hall–Kier alpha value is -2.24. The first-order chi connectivity index (χ1) is 15.4. The van der Waals surface area contributed by atoms with Crippen LogP contribution >= 0.6 is 0 Å². The lowest BCUT2D eigenvalue weighted by atomic mass is 9.83. The molecule has 4 aliphatic rings. The Morgan fingerprint density at radius 1 is 1.19 bits per heavy atom. The number of carbonyl (C=O) groups excluding carboxylic acids is 1. The van der Waals surface area contributed by atoms with Crippen molar-refractivity contribution in [3.8, 4) is 5.88 Å². The lowest BCUT2D eigenvalue weighted by Crippen LogP contribution is -2.59. The van der Waals surface area contributed by atoms with Gasteiger partial charge in [0.1, 0.15) is 0 Å². The molecule has 2 atom stereocenters. The van der Waals surface area contributed by atoms with Crippen molar-refractivity contribution in [1.82, 2.24) is 24.0 Å². The van der Waals surface area contributed by atoms with E-state index in [0.29, 0.717) is 37.7 Å². The van der Waals surface area contributed by atoms with E-state index in [1.54, 1.807) is 11.1 Å². The van der Waals surface area contributed by atoms with E-state index in [2.05, 4.69) is 14.7 Å². The molecule has 5 heterocycles. The van der Waals surface area contributed by atoms with Crippen LogP contribution in [-0.4, -0.2) is 77.8 Å². The standard InChI is InChI=1S/C21H29N5O5S/c1-32(28,29)24-17-3-2-9-26-18(17)12-30-15-6-4-14(5-7-15)16-11-25-10-8-22-21(25)23-20(16)31-13-19(26)27/h8,10-11,14-15,17-18,24H,2-7,9,12-13H2,1H3/t14?,15?,17-,18?/m0/s1. The van der Waals surface area contributed by atoms with Crippen molar-refractivity contribution < 1.29 is 22.7 Å². The molecule has 6 rings (SSSR count). The average Bonchev–Trinajstić information content (AvgIpc) is 3.22. The Balaban J connectivity index is 1.47. The molecule has 10 nitrogen and oxygen atoms in total. The molecule has 2 aromatic heterocycles. The fraction of sp³-hybridized carbons (Fsp3) is 0.667. The smallest absolute Gasteiger partial charge is 0.260 e. The van der Waals surface area contributed by atoms with Crippen LogP contribution in [0.25, 0.3) is 5.78 Å². The first-order valence-electron chi connectivity index (χ1n) is 11.2. The lowest BCUT2D eigenvalue weighted by molar-refractivity contribution is -0.140. The van der Waals surface area contributed by atoms with Gasteiger partial charge in [0.05, 0.1) is 25.0 Å². The minimum absolute atomic E-state index is 0.0964. The Morgan fingerprint density at radius 2 is 2.00 bits per heavy atom. The molecular weight excluding hydrogens is 434 g/mol. The Labute approximate surface area is 187 Å². The number of sulfonamides is 1. The molecule has 1 aliphatic carbocycles. The molecule has 3 aliphatic heterocycles. The van der Waals surface area contributed by atoms with Gasteiger partial charge in [-0.2, -0.15) is 4.98 Å². The Bertz CT molecular complexity index is 1100. The fourth-order valence-corrected chi connectivity index (χ4v) is 6.05. The monoisotopic (exact) mass is 463 g/mol. The maximum absolute atomic E-state index is 13.2. The summed E-state index contributed by atoms with van der Waals surface area (Å²) in [5.74, 6) is 1.08. The minimum Gasteiger partial charge on any atom is -0.467 e.